The normalized spacial score (nSPS) is 26.9. The molecule has 2 heterocycles. The van der Waals surface area contributed by atoms with E-state index in [4.69, 9.17) is 4.74 Å². The first-order chi connectivity index (χ1) is 8.18. The first-order valence-electron chi connectivity index (χ1n) is 6.82. The molecule has 2 atom stereocenters. The lowest BCUT2D eigenvalue weighted by Crippen LogP contribution is -2.42. The minimum Gasteiger partial charge on any atom is -0.378 e. The number of ether oxygens (including phenoxy) is 1. The van der Waals surface area contributed by atoms with Crippen molar-refractivity contribution in [1.29, 1.82) is 0 Å². The van der Waals surface area contributed by atoms with Gasteiger partial charge in [0.05, 0.1) is 19.1 Å². The molecule has 2 saturated heterocycles. The summed E-state index contributed by atoms with van der Waals surface area (Å²) in [6.45, 7) is 6.58. The summed E-state index contributed by atoms with van der Waals surface area (Å²) in [4.78, 5) is 14.3. The maximum absolute atomic E-state index is 12.2. The molecule has 0 aromatic rings. The molecule has 0 aromatic carbocycles. The molecular formula is C13H25ClN2O2. The van der Waals surface area contributed by atoms with Crippen LogP contribution in [0.4, 0.5) is 0 Å². The van der Waals surface area contributed by atoms with Crippen LogP contribution in [0, 0.1) is 0 Å². The zero-order valence-corrected chi connectivity index (χ0v) is 12.2. The molecule has 18 heavy (non-hydrogen) atoms. The van der Waals surface area contributed by atoms with Gasteiger partial charge in [0.25, 0.3) is 0 Å². The summed E-state index contributed by atoms with van der Waals surface area (Å²) >= 11 is 0. The second kappa shape index (κ2) is 7.31. The van der Waals surface area contributed by atoms with Crippen molar-refractivity contribution in [3.05, 3.63) is 0 Å². The maximum Gasteiger partial charge on any atom is 0.225 e. The van der Waals surface area contributed by atoms with Crippen molar-refractivity contribution in [2.24, 2.45) is 0 Å². The smallest absolute Gasteiger partial charge is 0.225 e. The lowest BCUT2D eigenvalue weighted by molar-refractivity contribution is -0.135. The lowest BCUT2D eigenvalue weighted by Gasteiger charge is -2.28. The van der Waals surface area contributed by atoms with Crippen molar-refractivity contribution >= 4 is 18.3 Å². The van der Waals surface area contributed by atoms with E-state index in [1.165, 1.54) is 6.42 Å². The van der Waals surface area contributed by atoms with Gasteiger partial charge in [-0.15, -0.1) is 12.4 Å². The largest absolute Gasteiger partial charge is 0.378 e. The Bertz CT molecular complexity index is 260. The van der Waals surface area contributed by atoms with E-state index in [1.807, 2.05) is 13.8 Å². The fraction of sp³-hybridized carbons (Fsp3) is 0.923. The van der Waals surface area contributed by atoms with Gasteiger partial charge in [-0.2, -0.15) is 0 Å². The molecule has 1 amide bonds. The van der Waals surface area contributed by atoms with Crippen molar-refractivity contribution in [1.82, 2.24) is 10.2 Å². The zero-order valence-electron chi connectivity index (χ0n) is 11.4. The predicted octanol–water partition coefficient (Wildman–Crippen LogP) is 1.58. The monoisotopic (exact) mass is 276 g/mol. The Balaban J connectivity index is 0.00000162. The summed E-state index contributed by atoms with van der Waals surface area (Å²) in [7, 11) is 0. The molecule has 2 fully saturated rings. The van der Waals surface area contributed by atoms with Gasteiger partial charge in [-0.05, 0) is 39.7 Å². The number of amides is 1. The summed E-state index contributed by atoms with van der Waals surface area (Å²) in [6, 6.07) is 0.899. The molecule has 4 nitrogen and oxygen atoms in total. The molecular weight excluding hydrogens is 252 g/mol. The van der Waals surface area contributed by atoms with Crippen molar-refractivity contribution in [2.45, 2.75) is 57.7 Å². The maximum atomic E-state index is 12.2. The van der Waals surface area contributed by atoms with Gasteiger partial charge in [0.15, 0.2) is 0 Å². The molecule has 0 aliphatic carbocycles. The van der Waals surface area contributed by atoms with Crippen LogP contribution in [-0.2, 0) is 9.53 Å². The van der Waals surface area contributed by atoms with Crippen molar-refractivity contribution in [3.63, 3.8) is 0 Å². The standard InChI is InChI=1S/C13H24N2O2.ClH/c1-10(2)17-8-6-13(16)15-11-3-4-12(15)9-14-7-5-11;/h10-12,14H,3-9H2,1-2H3;1H. The highest BCUT2D eigenvalue weighted by atomic mass is 35.5. The van der Waals surface area contributed by atoms with E-state index in [9.17, 15) is 4.79 Å². The Morgan fingerprint density at radius 2 is 2.06 bits per heavy atom. The molecule has 0 radical (unpaired) electrons. The van der Waals surface area contributed by atoms with Crippen molar-refractivity contribution < 1.29 is 9.53 Å². The van der Waals surface area contributed by atoms with Crippen molar-refractivity contribution in [2.75, 3.05) is 19.7 Å². The molecule has 0 aromatic heterocycles. The number of nitrogens with zero attached hydrogens (tertiary/aromatic N) is 1. The van der Waals surface area contributed by atoms with E-state index >= 15 is 0 Å². The van der Waals surface area contributed by atoms with Gasteiger partial charge in [-0.25, -0.2) is 0 Å². The van der Waals surface area contributed by atoms with Gasteiger partial charge >= 0.3 is 0 Å². The number of rotatable bonds is 4. The van der Waals surface area contributed by atoms with Gasteiger partial charge in [-0.1, -0.05) is 0 Å². The molecule has 1 N–H and O–H groups in total. The van der Waals surface area contributed by atoms with E-state index in [0.29, 0.717) is 25.1 Å². The number of carbonyl (C=O) groups is 1. The van der Waals surface area contributed by atoms with E-state index in [1.54, 1.807) is 0 Å². The Labute approximate surface area is 116 Å². The highest BCUT2D eigenvalue weighted by molar-refractivity contribution is 5.85. The number of halogens is 1. The summed E-state index contributed by atoms with van der Waals surface area (Å²) < 4.78 is 5.46. The zero-order chi connectivity index (χ0) is 12.3. The fourth-order valence-corrected chi connectivity index (χ4v) is 2.90. The summed E-state index contributed by atoms with van der Waals surface area (Å²) in [6.07, 6.45) is 4.20. The molecule has 2 aliphatic heterocycles. The van der Waals surface area contributed by atoms with Crippen LogP contribution >= 0.6 is 12.4 Å². The lowest BCUT2D eigenvalue weighted by atomic mass is 10.1. The first-order valence-corrected chi connectivity index (χ1v) is 6.82. The Morgan fingerprint density at radius 3 is 2.78 bits per heavy atom. The van der Waals surface area contributed by atoms with Crippen LogP contribution in [0.15, 0.2) is 0 Å². The van der Waals surface area contributed by atoms with Crippen LogP contribution < -0.4 is 5.32 Å². The molecule has 2 bridgehead atoms. The van der Waals surface area contributed by atoms with Crippen LogP contribution in [0.2, 0.25) is 0 Å². The first kappa shape index (κ1) is 15.7. The molecule has 0 saturated carbocycles. The number of hydrogen-bond donors (Lipinski definition) is 1. The summed E-state index contributed by atoms with van der Waals surface area (Å²) in [5.74, 6) is 0.279. The van der Waals surface area contributed by atoms with E-state index < -0.39 is 0 Å². The number of carbonyl (C=O) groups excluding carboxylic acids is 1. The molecule has 106 valence electrons. The predicted molar refractivity (Wildman–Crippen MR) is 74.1 cm³/mol. The van der Waals surface area contributed by atoms with Crippen LogP contribution in [0.5, 0.6) is 0 Å². The van der Waals surface area contributed by atoms with Crippen LogP contribution in [0.25, 0.3) is 0 Å². The second-order valence-corrected chi connectivity index (χ2v) is 5.35. The third kappa shape index (κ3) is 3.84. The van der Waals surface area contributed by atoms with Crippen LogP contribution in [0.3, 0.4) is 0 Å². The molecule has 2 rings (SSSR count). The highest BCUT2D eigenvalue weighted by Gasteiger charge is 2.37. The topological polar surface area (TPSA) is 41.6 Å². The Hall–Kier alpha value is -0.320. The third-order valence-electron chi connectivity index (χ3n) is 3.71. The Kier molecular flexibility index (Phi) is 6.39. The highest BCUT2D eigenvalue weighted by Crippen LogP contribution is 2.28. The average Bonchev–Trinajstić information content (AvgIpc) is 2.51. The van der Waals surface area contributed by atoms with Crippen LogP contribution in [-0.4, -0.2) is 48.7 Å². The number of hydrogen-bond acceptors (Lipinski definition) is 3. The van der Waals surface area contributed by atoms with E-state index in [0.717, 1.165) is 25.9 Å². The minimum absolute atomic E-state index is 0. The van der Waals surface area contributed by atoms with Gasteiger partial charge in [-0.3, -0.25) is 4.79 Å². The molecule has 0 spiro atoms. The minimum atomic E-state index is 0. The molecule has 2 aliphatic rings. The van der Waals surface area contributed by atoms with Gasteiger partial charge < -0.3 is 15.0 Å². The summed E-state index contributed by atoms with van der Waals surface area (Å²) in [5.41, 5.74) is 0. The van der Waals surface area contributed by atoms with Gasteiger partial charge in [0.1, 0.15) is 0 Å². The average molecular weight is 277 g/mol. The van der Waals surface area contributed by atoms with E-state index in [-0.39, 0.29) is 24.4 Å². The van der Waals surface area contributed by atoms with Crippen LogP contribution in [0.1, 0.15) is 39.5 Å². The second-order valence-electron chi connectivity index (χ2n) is 5.35. The SMILES string of the molecule is CC(C)OCCC(=O)N1C2CCNCC1CC2.Cl. The molecule has 5 heteroatoms. The quantitative estimate of drug-likeness (QED) is 0.848. The third-order valence-corrected chi connectivity index (χ3v) is 3.71. The Morgan fingerprint density at radius 1 is 1.33 bits per heavy atom. The van der Waals surface area contributed by atoms with Gasteiger partial charge in [0, 0.05) is 18.6 Å². The summed E-state index contributed by atoms with van der Waals surface area (Å²) in [5, 5.41) is 3.41. The fourth-order valence-electron chi connectivity index (χ4n) is 2.90. The van der Waals surface area contributed by atoms with Crippen molar-refractivity contribution in [3.8, 4) is 0 Å². The molecule has 2 unspecified atom stereocenters. The van der Waals surface area contributed by atoms with Gasteiger partial charge in [0.2, 0.25) is 5.91 Å². The number of fused-ring (bicyclic) bond motifs is 2. The van der Waals surface area contributed by atoms with E-state index in [2.05, 4.69) is 10.2 Å². The number of nitrogens with one attached hydrogen (secondary N) is 1.